The zero-order valence-corrected chi connectivity index (χ0v) is 11.5. The summed E-state index contributed by atoms with van der Waals surface area (Å²) in [6.07, 6.45) is 0. The van der Waals surface area contributed by atoms with E-state index in [0.717, 1.165) is 15.7 Å². The fraction of sp³-hybridized carbons (Fsp3) is 0.143. The molecule has 2 nitrogen and oxygen atoms in total. The minimum absolute atomic E-state index is 0.0819. The Morgan fingerprint density at radius 2 is 1.89 bits per heavy atom. The van der Waals surface area contributed by atoms with Crippen LogP contribution in [0.4, 0.5) is 15.8 Å². The molecule has 2 aromatic rings. The summed E-state index contributed by atoms with van der Waals surface area (Å²) >= 11 is 3.38. The van der Waals surface area contributed by atoms with Crippen LogP contribution in [0.5, 0.6) is 0 Å². The van der Waals surface area contributed by atoms with Crippen LogP contribution in [0.25, 0.3) is 0 Å². The van der Waals surface area contributed by atoms with Gasteiger partial charge in [-0.1, -0.05) is 34.1 Å². The second kappa shape index (κ2) is 5.50. The van der Waals surface area contributed by atoms with Crippen LogP contribution in [0.3, 0.4) is 0 Å². The standard InChI is InChI=1S/C14H13BrFNO/c1-17(13-5-3-2-4-12(13)16)14-8-11(15)7-6-10(14)9-18/h2-8,18H,9H2,1H3. The molecular formula is C14H13BrFNO. The summed E-state index contributed by atoms with van der Waals surface area (Å²) in [4.78, 5) is 1.73. The van der Waals surface area contributed by atoms with Gasteiger partial charge in [0.15, 0.2) is 0 Å². The van der Waals surface area contributed by atoms with E-state index in [4.69, 9.17) is 0 Å². The van der Waals surface area contributed by atoms with Crippen LogP contribution in [0.1, 0.15) is 5.56 Å². The van der Waals surface area contributed by atoms with Crippen molar-refractivity contribution >= 4 is 27.3 Å². The Labute approximate surface area is 114 Å². The third kappa shape index (κ3) is 2.54. The fourth-order valence-electron chi connectivity index (χ4n) is 1.84. The van der Waals surface area contributed by atoms with Gasteiger partial charge in [0.2, 0.25) is 0 Å². The SMILES string of the molecule is CN(c1ccccc1F)c1cc(Br)ccc1CO. The summed E-state index contributed by atoms with van der Waals surface area (Å²) in [5, 5.41) is 9.34. The van der Waals surface area contributed by atoms with Crippen molar-refractivity contribution in [1.82, 2.24) is 0 Å². The highest BCUT2D eigenvalue weighted by atomic mass is 79.9. The van der Waals surface area contributed by atoms with Gasteiger partial charge in [0.25, 0.3) is 0 Å². The summed E-state index contributed by atoms with van der Waals surface area (Å²) < 4.78 is 14.6. The second-order valence-electron chi connectivity index (χ2n) is 3.94. The van der Waals surface area contributed by atoms with Gasteiger partial charge in [0, 0.05) is 22.8 Å². The highest BCUT2D eigenvalue weighted by Gasteiger charge is 2.12. The van der Waals surface area contributed by atoms with Crippen molar-refractivity contribution < 1.29 is 9.50 Å². The number of aliphatic hydroxyl groups excluding tert-OH is 1. The van der Waals surface area contributed by atoms with Gasteiger partial charge >= 0.3 is 0 Å². The number of hydrogen-bond acceptors (Lipinski definition) is 2. The lowest BCUT2D eigenvalue weighted by molar-refractivity contribution is 0.282. The van der Waals surface area contributed by atoms with E-state index in [9.17, 15) is 9.50 Å². The first-order valence-electron chi connectivity index (χ1n) is 5.51. The Kier molecular flexibility index (Phi) is 3.99. The molecule has 18 heavy (non-hydrogen) atoms. The van der Waals surface area contributed by atoms with Crippen molar-refractivity contribution in [2.75, 3.05) is 11.9 Å². The van der Waals surface area contributed by atoms with Crippen molar-refractivity contribution in [3.05, 3.63) is 58.3 Å². The Morgan fingerprint density at radius 3 is 2.56 bits per heavy atom. The van der Waals surface area contributed by atoms with Crippen LogP contribution >= 0.6 is 15.9 Å². The first-order chi connectivity index (χ1) is 8.63. The molecule has 0 heterocycles. The number of rotatable bonds is 3. The Hall–Kier alpha value is -1.39. The average Bonchev–Trinajstić information content (AvgIpc) is 2.38. The molecule has 2 aromatic carbocycles. The Morgan fingerprint density at radius 1 is 1.17 bits per heavy atom. The van der Waals surface area contributed by atoms with Crippen molar-refractivity contribution in [3.8, 4) is 0 Å². The van der Waals surface area contributed by atoms with Crippen molar-refractivity contribution in [1.29, 1.82) is 0 Å². The van der Waals surface area contributed by atoms with Crippen molar-refractivity contribution in [2.45, 2.75) is 6.61 Å². The van der Waals surface area contributed by atoms with E-state index in [2.05, 4.69) is 15.9 Å². The molecule has 0 saturated carbocycles. The lowest BCUT2D eigenvalue weighted by Gasteiger charge is -2.22. The average molecular weight is 310 g/mol. The summed E-state index contributed by atoms with van der Waals surface area (Å²) in [7, 11) is 1.78. The normalized spacial score (nSPS) is 10.4. The van der Waals surface area contributed by atoms with E-state index in [0.29, 0.717) is 5.69 Å². The zero-order chi connectivity index (χ0) is 13.1. The molecule has 0 bridgehead atoms. The molecule has 94 valence electrons. The van der Waals surface area contributed by atoms with Crippen LogP contribution < -0.4 is 4.90 Å². The van der Waals surface area contributed by atoms with E-state index in [1.165, 1.54) is 6.07 Å². The topological polar surface area (TPSA) is 23.5 Å². The molecule has 2 rings (SSSR count). The van der Waals surface area contributed by atoms with Gasteiger partial charge < -0.3 is 10.0 Å². The highest BCUT2D eigenvalue weighted by Crippen LogP contribution is 2.31. The van der Waals surface area contributed by atoms with Gasteiger partial charge in [-0.05, 0) is 24.3 Å². The predicted octanol–water partition coefficient (Wildman–Crippen LogP) is 3.85. The molecule has 0 aliphatic heterocycles. The Bertz CT molecular complexity index is 559. The maximum atomic E-state index is 13.7. The number of para-hydroxylation sites is 1. The lowest BCUT2D eigenvalue weighted by Crippen LogP contribution is -2.13. The van der Waals surface area contributed by atoms with Gasteiger partial charge in [-0.3, -0.25) is 0 Å². The Balaban J connectivity index is 2.48. The minimum Gasteiger partial charge on any atom is -0.392 e. The molecule has 0 aliphatic carbocycles. The molecule has 0 aliphatic rings. The molecule has 0 unspecified atom stereocenters. The van der Waals surface area contributed by atoms with Crippen molar-refractivity contribution in [3.63, 3.8) is 0 Å². The van der Waals surface area contributed by atoms with Gasteiger partial charge in [-0.25, -0.2) is 4.39 Å². The number of nitrogens with zero attached hydrogens (tertiary/aromatic N) is 1. The maximum Gasteiger partial charge on any atom is 0.146 e. The van der Waals surface area contributed by atoms with Crippen molar-refractivity contribution in [2.24, 2.45) is 0 Å². The summed E-state index contributed by atoms with van der Waals surface area (Å²) in [5.74, 6) is -0.288. The second-order valence-corrected chi connectivity index (χ2v) is 4.86. The molecule has 0 saturated heterocycles. The molecule has 0 spiro atoms. The lowest BCUT2D eigenvalue weighted by atomic mass is 10.1. The molecular weight excluding hydrogens is 297 g/mol. The molecule has 0 amide bonds. The van der Waals surface area contributed by atoms with Gasteiger partial charge in [-0.15, -0.1) is 0 Å². The molecule has 0 radical (unpaired) electrons. The quantitative estimate of drug-likeness (QED) is 0.931. The van der Waals surface area contributed by atoms with E-state index < -0.39 is 0 Å². The van der Waals surface area contributed by atoms with Crippen LogP contribution in [0.15, 0.2) is 46.9 Å². The molecule has 0 atom stereocenters. The highest BCUT2D eigenvalue weighted by molar-refractivity contribution is 9.10. The molecule has 0 aromatic heterocycles. The largest absolute Gasteiger partial charge is 0.392 e. The van der Waals surface area contributed by atoms with Crippen LogP contribution in [0, 0.1) is 5.82 Å². The van der Waals surface area contributed by atoms with E-state index in [-0.39, 0.29) is 12.4 Å². The first-order valence-corrected chi connectivity index (χ1v) is 6.30. The van der Waals surface area contributed by atoms with Crippen LogP contribution in [-0.2, 0) is 6.61 Å². The van der Waals surface area contributed by atoms with Crippen LogP contribution in [0.2, 0.25) is 0 Å². The van der Waals surface area contributed by atoms with E-state index in [1.807, 2.05) is 18.2 Å². The van der Waals surface area contributed by atoms with Gasteiger partial charge in [0.1, 0.15) is 5.82 Å². The smallest absolute Gasteiger partial charge is 0.146 e. The first kappa shape index (κ1) is 13.1. The van der Waals surface area contributed by atoms with Crippen LogP contribution in [-0.4, -0.2) is 12.2 Å². The third-order valence-electron chi connectivity index (χ3n) is 2.79. The van der Waals surface area contributed by atoms with Gasteiger partial charge in [0.05, 0.1) is 12.3 Å². The van der Waals surface area contributed by atoms with E-state index >= 15 is 0 Å². The summed E-state index contributed by atoms with van der Waals surface area (Å²) in [6.45, 7) is -0.0819. The van der Waals surface area contributed by atoms with E-state index in [1.54, 1.807) is 30.1 Å². The molecule has 0 fully saturated rings. The fourth-order valence-corrected chi connectivity index (χ4v) is 2.19. The maximum absolute atomic E-state index is 13.7. The zero-order valence-electron chi connectivity index (χ0n) is 9.90. The number of halogens is 2. The number of benzene rings is 2. The third-order valence-corrected chi connectivity index (χ3v) is 3.29. The van der Waals surface area contributed by atoms with Gasteiger partial charge in [-0.2, -0.15) is 0 Å². The monoisotopic (exact) mass is 309 g/mol. The number of hydrogen-bond donors (Lipinski definition) is 1. The molecule has 1 N–H and O–H groups in total. The number of anilines is 2. The summed E-state index contributed by atoms with van der Waals surface area (Å²) in [5.41, 5.74) is 2.01. The summed E-state index contributed by atoms with van der Waals surface area (Å²) in [6, 6.07) is 12.1. The predicted molar refractivity (Wildman–Crippen MR) is 74.5 cm³/mol. The molecule has 4 heteroatoms. The minimum atomic E-state index is -0.288. The number of aliphatic hydroxyl groups is 1.